The Labute approximate surface area is 152 Å². The molecule has 0 unspecified atom stereocenters. The second-order valence-electron chi connectivity index (χ2n) is 7.37. The van der Waals surface area contributed by atoms with Crippen LogP contribution in [0.4, 0.5) is 0 Å². The van der Waals surface area contributed by atoms with Gasteiger partial charge in [0.2, 0.25) is 0 Å². The molecule has 1 saturated heterocycles. The molecule has 0 bridgehead atoms. The van der Waals surface area contributed by atoms with Crippen LogP contribution in [0.2, 0.25) is 0 Å². The molecule has 0 spiro atoms. The third-order valence-electron chi connectivity index (χ3n) is 5.73. The minimum absolute atomic E-state index is 0.488. The lowest BCUT2D eigenvalue weighted by Crippen LogP contribution is -2.40. The van der Waals surface area contributed by atoms with Crippen LogP contribution in [0.5, 0.6) is 0 Å². The lowest BCUT2D eigenvalue weighted by molar-refractivity contribution is 0.120. The van der Waals surface area contributed by atoms with Gasteiger partial charge in [-0.2, -0.15) is 0 Å². The van der Waals surface area contributed by atoms with Crippen molar-refractivity contribution in [2.24, 2.45) is 0 Å². The molecule has 0 aliphatic carbocycles. The molecule has 5 heteroatoms. The van der Waals surface area contributed by atoms with E-state index in [-0.39, 0.29) is 0 Å². The zero-order valence-corrected chi connectivity index (χ0v) is 15.0. The molecule has 3 aromatic heterocycles. The number of hydrogen-bond acceptors (Lipinski definition) is 3. The molecule has 26 heavy (non-hydrogen) atoms. The molecule has 4 aromatic rings. The highest BCUT2D eigenvalue weighted by Crippen LogP contribution is 2.32. The molecule has 1 aromatic carbocycles. The molecular formula is C21H23N5. The number of benzene rings is 1. The number of fused-ring (bicyclic) bond motifs is 3. The van der Waals surface area contributed by atoms with E-state index in [2.05, 4.69) is 67.7 Å². The summed E-state index contributed by atoms with van der Waals surface area (Å²) in [6.45, 7) is 4.49. The van der Waals surface area contributed by atoms with Crippen LogP contribution in [-0.4, -0.2) is 37.0 Å². The van der Waals surface area contributed by atoms with Crippen molar-refractivity contribution in [3.63, 3.8) is 0 Å². The zero-order chi connectivity index (χ0) is 17.5. The predicted octanol–water partition coefficient (Wildman–Crippen LogP) is 4.14. The fourth-order valence-electron chi connectivity index (χ4n) is 4.31. The number of pyridine rings is 1. The van der Waals surface area contributed by atoms with E-state index < -0.39 is 0 Å². The maximum atomic E-state index is 4.61. The first-order valence-electron chi connectivity index (χ1n) is 9.36. The Bertz CT molecular complexity index is 1030. The SMILES string of the molecule is C[C@H]1C[C@H](n2cnc3cnc4[nH]ccc4c32)CCN1Cc1ccccc1. The van der Waals surface area contributed by atoms with Gasteiger partial charge in [0, 0.05) is 36.8 Å². The molecule has 1 fully saturated rings. The summed E-state index contributed by atoms with van der Waals surface area (Å²) in [6, 6.07) is 13.9. The fraction of sp³-hybridized carbons (Fsp3) is 0.333. The van der Waals surface area contributed by atoms with E-state index >= 15 is 0 Å². The van der Waals surface area contributed by atoms with Gasteiger partial charge in [-0.3, -0.25) is 4.90 Å². The number of hydrogen-bond donors (Lipinski definition) is 1. The van der Waals surface area contributed by atoms with Gasteiger partial charge < -0.3 is 9.55 Å². The lowest BCUT2D eigenvalue weighted by atomic mass is 9.97. The first kappa shape index (κ1) is 15.6. The van der Waals surface area contributed by atoms with Crippen LogP contribution < -0.4 is 0 Å². The molecular weight excluding hydrogens is 322 g/mol. The number of nitrogens with zero attached hydrogens (tertiary/aromatic N) is 4. The van der Waals surface area contributed by atoms with Crippen molar-refractivity contribution >= 4 is 22.1 Å². The van der Waals surface area contributed by atoms with Gasteiger partial charge in [0.05, 0.1) is 18.0 Å². The largest absolute Gasteiger partial charge is 0.346 e. The van der Waals surface area contributed by atoms with E-state index in [0.29, 0.717) is 12.1 Å². The average Bonchev–Trinajstić information content (AvgIpc) is 3.30. The van der Waals surface area contributed by atoms with Gasteiger partial charge >= 0.3 is 0 Å². The molecule has 4 heterocycles. The number of nitrogens with one attached hydrogen (secondary N) is 1. The lowest BCUT2D eigenvalue weighted by Gasteiger charge is -2.38. The van der Waals surface area contributed by atoms with Crippen LogP contribution in [0.15, 0.2) is 55.1 Å². The highest BCUT2D eigenvalue weighted by molar-refractivity contribution is 6.00. The van der Waals surface area contributed by atoms with E-state index in [4.69, 9.17) is 0 Å². The Hall–Kier alpha value is -2.66. The minimum atomic E-state index is 0.488. The fourth-order valence-corrected chi connectivity index (χ4v) is 4.31. The molecule has 5 nitrogen and oxygen atoms in total. The number of imidazole rings is 1. The monoisotopic (exact) mass is 345 g/mol. The molecule has 5 rings (SSSR count). The van der Waals surface area contributed by atoms with Crippen molar-refractivity contribution in [2.75, 3.05) is 6.54 Å². The molecule has 132 valence electrons. The standard InChI is InChI=1S/C21H23N5/c1-15-11-17(8-10-25(15)13-16-5-3-2-4-6-16)26-14-24-19-12-23-21-18(20(19)26)7-9-22-21/h2-7,9,12,14-15,17H,8,10-11,13H2,1H3,(H,22,23)/t15-,17+/m0/s1. The Balaban J connectivity index is 1.41. The maximum Gasteiger partial charge on any atom is 0.139 e. The van der Waals surface area contributed by atoms with E-state index in [0.717, 1.165) is 37.1 Å². The van der Waals surface area contributed by atoms with Gasteiger partial charge in [0.15, 0.2) is 0 Å². The summed E-state index contributed by atoms with van der Waals surface area (Å²) in [5.41, 5.74) is 4.53. The van der Waals surface area contributed by atoms with E-state index in [1.54, 1.807) is 0 Å². The number of rotatable bonds is 3. The van der Waals surface area contributed by atoms with Crippen LogP contribution in [-0.2, 0) is 6.54 Å². The Morgan fingerprint density at radius 2 is 2.04 bits per heavy atom. The quantitative estimate of drug-likeness (QED) is 0.607. The van der Waals surface area contributed by atoms with Crippen LogP contribution in [0.25, 0.3) is 22.1 Å². The van der Waals surface area contributed by atoms with Gasteiger partial charge in [-0.15, -0.1) is 0 Å². The van der Waals surface area contributed by atoms with Crippen molar-refractivity contribution in [1.82, 2.24) is 24.4 Å². The molecule has 0 amide bonds. The first-order chi connectivity index (χ1) is 12.8. The first-order valence-corrected chi connectivity index (χ1v) is 9.36. The van der Waals surface area contributed by atoms with Gasteiger partial charge in [0.1, 0.15) is 11.2 Å². The molecule has 0 radical (unpaired) electrons. The smallest absolute Gasteiger partial charge is 0.139 e. The summed E-state index contributed by atoms with van der Waals surface area (Å²) in [5, 5.41) is 1.17. The van der Waals surface area contributed by atoms with Crippen molar-refractivity contribution in [3.8, 4) is 0 Å². The highest BCUT2D eigenvalue weighted by atomic mass is 15.2. The number of H-pyrrole nitrogens is 1. The summed E-state index contributed by atoms with van der Waals surface area (Å²) in [4.78, 5) is 14.9. The average molecular weight is 345 g/mol. The van der Waals surface area contributed by atoms with Gasteiger partial charge in [-0.1, -0.05) is 30.3 Å². The highest BCUT2D eigenvalue weighted by Gasteiger charge is 2.27. The van der Waals surface area contributed by atoms with Gasteiger partial charge in [-0.05, 0) is 31.4 Å². The molecule has 1 N–H and O–H groups in total. The topological polar surface area (TPSA) is 49.7 Å². The minimum Gasteiger partial charge on any atom is -0.346 e. The van der Waals surface area contributed by atoms with Crippen LogP contribution in [0, 0.1) is 0 Å². The normalized spacial score (nSPS) is 21.6. The third-order valence-corrected chi connectivity index (χ3v) is 5.73. The van der Waals surface area contributed by atoms with Crippen molar-refractivity contribution in [3.05, 3.63) is 60.7 Å². The second kappa shape index (κ2) is 6.25. The summed E-state index contributed by atoms with van der Waals surface area (Å²) in [5.74, 6) is 0. The van der Waals surface area contributed by atoms with Crippen LogP contribution >= 0.6 is 0 Å². The molecule has 1 aliphatic heterocycles. The van der Waals surface area contributed by atoms with Crippen LogP contribution in [0.1, 0.15) is 31.4 Å². The molecule has 2 atom stereocenters. The second-order valence-corrected chi connectivity index (χ2v) is 7.37. The van der Waals surface area contributed by atoms with Crippen LogP contribution in [0.3, 0.4) is 0 Å². The summed E-state index contributed by atoms with van der Waals surface area (Å²) in [6.07, 6.45) is 8.13. The van der Waals surface area contributed by atoms with Gasteiger partial charge in [0.25, 0.3) is 0 Å². The zero-order valence-electron chi connectivity index (χ0n) is 15.0. The van der Waals surface area contributed by atoms with E-state index in [1.807, 2.05) is 18.7 Å². The predicted molar refractivity (Wildman–Crippen MR) is 104 cm³/mol. The maximum absolute atomic E-state index is 4.61. The summed E-state index contributed by atoms with van der Waals surface area (Å²) < 4.78 is 2.38. The Morgan fingerprint density at radius 3 is 2.88 bits per heavy atom. The third kappa shape index (κ3) is 2.59. The van der Waals surface area contributed by atoms with E-state index in [9.17, 15) is 0 Å². The number of likely N-dealkylation sites (tertiary alicyclic amines) is 1. The Kier molecular flexibility index (Phi) is 3.75. The molecule has 1 aliphatic rings. The van der Waals surface area contributed by atoms with Crippen molar-refractivity contribution in [2.45, 2.75) is 38.4 Å². The number of piperidine rings is 1. The van der Waals surface area contributed by atoms with E-state index in [1.165, 1.54) is 16.5 Å². The van der Waals surface area contributed by atoms with Crippen molar-refractivity contribution in [1.29, 1.82) is 0 Å². The summed E-state index contributed by atoms with van der Waals surface area (Å²) >= 11 is 0. The number of aromatic nitrogens is 4. The number of aromatic amines is 1. The summed E-state index contributed by atoms with van der Waals surface area (Å²) in [7, 11) is 0. The van der Waals surface area contributed by atoms with Gasteiger partial charge in [-0.25, -0.2) is 9.97 Å². The van der Waals surface area contributed by atoms with Crippen molar-refractivity contribution < 1.29 is 0 Å². The molecule has 0 saturated carbocycles. The Morgan fingerprint density at radius 1 is 1.15 bits per heavy atom.